The quantitative estimate of drug-likeness (QED) is 0.752. The normalized spacial score (nSPS) is 16.1. The highest BCUT2D eigenvalue weighted by molar-refractivity contribution is 5.94. The van der Waals surface area contributed by atoms with Gasteiger partial charge in [0.25, 0.3) is 5.91 Å². The van der Waals surface area contributed by atoms with Crippen LogP contribution in [-0.2, 0) is 7.05 Å². The Morgan fingerprint density at radius 3 is 2.87 bits per heavy atom. The maximum Gasteiger partial charge on any atom is 0.257 e. The summed E-state index contributed by atoms with van der Waals surface area (Å²) in [4.78, 5) is 14.0. The van der Waals surface area contributed by atoms with Gasteiger partial charge >= 0.3 is 0 Å². The molecule has 1 aliphatic heterocycles. The van der Waals surface area contributed by atoms with Crippen LogP contribution in [-0.4, -0.2) is 46.3 Å². The Balaban J connectivity index is 2.10. The number of likely N-dealkylation sites (N-methyl/N-ethyl adjacent to an activating group) is 1. The lowest BCUT2D eigenvalue weighted by Crippen LogP contribution is -2.58. The summed E-state index contributed by atoms with van der Waals surface area (Å²) < 4.78 is 1.65. The fourth-order valence-electron chi connectivity index (χ4n) is 1.76. The van der Waals surface area contributed by atoms with Crippen LogP contribution in [0.1, 0.15) is 17.3 Å². The van der Waals surface area contributed by atoms with E-state index < -0.39 is 0 Å². The summed E-state index contributed by atoms with van der Waals surface area (Å²) in [6.07, 6.45) is 3.38. The Kier molecular flexibility index (Phi) is 2.73. The molecule has 5 nitrogen and oxygen atoms in total. The third-order valence-electron chi connectivity index (χ3n) is 2.75. The van der Waals surface area contributed by atoms with Crippen LogP contribution < -0.4 is 5.32 Å². The molecule has 0 aromatic carbocycles. The van der Waals surface area contributed by atoms with Gasteiger partial charge in [-0.25, -0.2) is 0 Å². The van der Waals surface area contributed by atoms with Crippen LogP contribution in [0.15, 0.2) is 12.4 Å². The molecule has 0 aliphatic carbocycles. The molecule has 0 radical (unpaired) electrons. The number of carbonyl (C=O) groups is 1. The van der Waals surface area contributed by atoms with Gasteiger partial charge in [-0.15, -0.1) is 0 Å². The molecular weight excluding hydrogens is 192 g/mol. The summed E-state index contributed by atoms with van der Waals surface area (Å²) in [5, 5.41) is 7.18. The number of aryl methyl sites for hydroxylation is 1. The first-order valence-corrected chi connectivity index (χ1v) is 5.22. The van der Waals surface area contributed by atoms with Gasteiger partial charge in [-0.1, -0.05) is 0 Å². The van der Waals surface area contributed by atoms with E-state index in [2.05, 4.69) is 10.4 Å². The second-order valence-electron chi connectivity index (χ2n) is 3.81. The monoisotopic (exact) mass is 208 g/mol. The van der Waals surface area contributed by atoms with Crippen molar-refractivity contribution in [3.8, 4) is 0 Å². The molecule has 5 heteroatoms. The van der Waals surface area contributed by atoms with Crippen LogP contribution >= 0.6 is 0 Å². The molecule has 0 bridgehead atoms. The topological polar surface area (TPSA) is 50.2 Å². The molecule has 82 valence electrons. The third kappa shape index (κ3) is 1.87. The summed E-state index contributed by atoms with van der Waals surface area (Å²) in [5.41, 5.74) is 0.672. The van der Waals surface area contributed by atoms with Gasteiger partial charge in [0.15, 0.2) is 0 Å². The third-order valence-corrected chi connectivity index (χ3v) is 2.75. The lowest BCUT2D eigenvalue weighted by Gasteiger charge is -2.37. The SMILES string of the molecule is CCN(C(=O)c1cnn(C)c1)C1CNC1. The molecule has 15 heavy (non-hydrogen) atoms. The van der Waals surface area contributed by atoms with Gasteiger partial charge in [0.05, 0.1) is 17.8 Å². The van der Waals surface area contributed by atoms with Crippen molar-refractivity contribution in [2.24, 2.45) is 7.05 Å². The number of hydrogen-bond donors (Lipinski definition) is 1. The zero-order valence-electron chi connectivity index (χ0n) is 9.10. The highest BCUT2D eigenvalue weighted by Gasteiger charge is 2.28. The molecule has 0 unspecified atom stereocenters. The lowest BCUT2D eigenvalue weighted by atomic mass is 10.1. The van der Waals surface area contributed by atoms with Gasteiger partial charge in [0.1, 0.15) is 0 Å². The molecule has 2 heterocycles. The molecule has 1 aromatic heterocycles. The first-order chi connectivity index (χ1) is 7.22. The summed E-state index contributed by atoms with van der Waals surface area (Å²) >= 11 is 0. The smallest absolute Gasteiger partial charge is 0.257 e. The van der Waals surface area contributed by atoms with Gasteiger partial charge in [0, 0.05) is 32.9 Å². The van der Waals surface area contributed by atoms with E-state index in [4.69, 9.17) is 0 Å². The largest absolute Gasteiger partial charge is 0.333 e. The van der Waals surface area contributed by atoms with Crippen LogP contribution in [0.2, 0.25) is 0 Å². The number of rotatable bonds is 3. The molecule has 1 N–H and O–H groups in total. The maximum atomic E-state index is 12.1. The van der Waals surface area contributed by atoms with Gasteiger partial charge in [-0.05, 0) is 6.92 Å². The number of amides is 1. The van der Waals surface area contributed by atoms with E-state index in [0.29, 0.717) is 11.6 Å². The molecular formula is C10H16N4O. The van der Waals surface area contributed by atoms with Crippen LogP contribution in [0.25, 0.3) is 0 Å². The molecule has 1 saturated heterocycles. The summed E-state index contributed by atoms with van der Waals surface area (Å²) in [7, 11) is 1.82. The summed E-state index contributed by atoms with van der Waals surface area (Å²) in [5.74, 6) is 0.0806. The number of hydrogen-bond acceptors (Lipinski definition) is 3. The Morgan fingerprint density at radius 2 is 2.47 bits per heavy atom. The van der Waals surface area contributed by atoms with E-state index in [0.717, 1.165) is 19.6 Å². The highest BCUT2D eigenvalue weighted by atomic mass is 16.2. The summed E-state index contributed by atoms with van der Waals surface area (Å²) in [6, 6.07) is 0.350. The van der Waals surface area contributed by atoms with Crippen molar-refractivity contribution in [2.45, 2.75) is 13.0 Å². The van der Waals surface area contributed by atoms with E-state index >= 15 is 0 Å². The number of aromatic nitrogens is 2. The van der Waals surface area contributed by atoms with Gasteiger partial charge < -0.3 is 10.2 Å². The zero-order valence-corrected chi connectivity index (χ0v) is 9.10. The van der Waals surface area contributed by atoms with Crippen LogP contribution in [0, 0.1) is 0 Å². The summed E-state index contributed by atoms with van der Waals surface area (Å²) in [6.45, 7) is 4.56. The minimum Gasteiger partial charge on any atom is -0.333 e. The molecule has 1 fully saturated rings. The van der Waals surface area contributed by atoms with Crippen molar-refractivity contribution in [3.63, 3.8) is 0 Å². The highest BCUT2D eigenvalue weighted by Crippen LogP contribution is 2.10. The van der Waals surface area contributed by atoms with Crippen LogP contribution in [0.4, 0.5) is 0 Å². The fourth-order valence-corrected chi connectivity index (χ4v) is 1.76. The van der Waals surface area contributed by atoms with E-state index in [1.54, 1.807) is 17.1 Å². The van der Waals surface area contributed by atoms with Crippen molar-refractivity contribution in [1.82, 2.24) is 20.0 Å². The Hall–Kier alpha value is -1.36. The standard InChI is InChI=1S/C10H16N4O/c1-3-14(9-5-11-6-9)10(15)8-4-12-13(2)7-8/h4,7,9,11H,3,5-6H2,1-2H3. The maximum absolute atomic E-state index is 12.1. The van der Waals surface area contributed by atoms with Crippen LogP contribution in [0.3, 0.4) is 0 Å². The molecule has 0 spiro atoms. The van der Waals surface area contributed by atoms with Crippen molar-refractivity contribution in [1.29, 1.82) is 0 Å². The Bertz CT molecular complexity index is 356. The average Bonchev–Trinajstić information content (AvgIpc) is 2.57. The van der Waals surface area contributed by atoms with E-state index in [-0.39, 0.29) is 5.91 Å². The molecule has 2 rings (SSSR count). The molecule has 1 amide bonds. The molecule has 0 atom stereocenters. The van der Waals surface area contributed by atoms with E-state index in [1.165, 1.54) is 0 Å². The Labute approximate surface area is 89.1 Å². The van der Waals surface area contributed by atoms with E-state index in [9.17, 15) is 4.79 Å². The van der Waals surface area contributed by atoms with Gasteiger partial charge in [0.2, 0.25) is 0 Å². The van der Waals surface area contributed by atoms with Crippen molar-refractivity contribution < 1.29 is 4.79 Å². The predicted molar refractivity (Wildman–Crippen MR) is 56.6 cm³/mol. The average molecular weight is 208 g/mol. The molecule has 1 aromatic rings. The molecule has 1 aliphatic rings. The second-order valence-corrected chi connectivity index (χ2v) is 3.81. The van der Waals surface area contributed by atoms with Crippen molar-refractivity contribution in [3.05, 3.63) is 18.0 Å². The minimum atomic E-state index is 0.0806. The van der Waals surface area contributed by atoms with E-state index in [1.807, 2.05) is 18.9 Å². The molecule has 0 saturated carbocycles. The minimum absolute atomic E-state index is 0.0806. The van der Waals surface area contributed by atoms with Crippen molar-refractivity contribution >= 4 is 5.91 Å². The first kappa shape index (κ1) is 10.2. The Morgan fingerprint density at radius 1 is 1.73 bits per heavy atom. The van der Waals surface area contributed by atoms with Gasteiger partial charge in [-0.3, -0.25) is 9.48 Å². The van der Waals surface area contributed by atoms with Crippen LogP contribution in [0.5, 0.6) is 0 Å². The first-order valence-electron chi connectivity index (χ1n) is 5.22. The predicted octanol–water partition coefficient (Wildman–Crippen LogP) is -0.146. The number of nitrogens with zero attached hydrogens (tertiary/aromatic N) is 3. The zero-order chi connectivity index (χ0) is 10.8. The second kappa shape index (κ2) is 4.02. The number of carbonyl (C=O) groups excluding carboxylic acids is 1. The lowest BCUT2D eigenvalue weighted by molar-refractivity contribution is 0.0630. The number of nitrogens with one attached hydrogen (secondary N) is 1. The van der Waals surface area contributed by atoms with Gasteiger partial charge in [-0.2, -0.15) is 5.10 Å². The van der Waals surface area contributed by atoms with Crippen molar-refractivity contribution in [2.75, 3.05) is 19.6 Å². The fraction of sp³-hybridized carbons (Fsp3) is 0.600.